The molecule has 3 aromatic rings. The van der Waals surface area contributed by atoms with Gasteiger partial charge in [0.1, 0.15) is 5.82 Å². The molecule has 0 aliphatic carbocycles. The van der Waals surface area contributed by atoms with Crippen molar-refractivity contribution in [1.82, 2.24) is 15.0 Å². The number of aryl methyl sites for hydroxylation is 1. The van der Waals surface area contributed by atoms with Gasteiger partial charge >= 0.3 is 0 Å². The first kappa shape index (κ1) is 16.6. The van der Waals surface area contributed by atoms with E-state index in [4.69, 9.17) is 9.97 Å². The molecule has 3 rings (SSSR count). The molecule has 0 radical (unpaired) electrons. The van der Waals surface area contributed by atoms with Crippen LogP contribution in [-0.4, -0.2) is 15.0 Å². The van der Waals surface area contributed by atoms with Crippen molar-refractivity contribution in [3.05, 3.63) is 54.2 Å². The summed E-state index contributed by atoms with van der Waals surface area (Å²) in [6, 6.07) is 10.5. The molecule has 3 heteroatoms. The Kier molecular flexibility index (Phi) is 4.89. The van der Waals surface area contributed by atoms with Gasteiger partial charge in [0.05, 0.1) is 11.2 Å². The van der Waals surface area contributed by atoms with Gasteiger partial charge in [0, 0.05) is 24.2 Å². The highest BCUT2D eigenvalue weighted by Crippen LogP contribution is 2.28. The first-order valence-electron chi connectivity index (χ1n) is 8.75. The van der Waals surface area contributed by atoms with Crippen molar-refractivity contribution >= 4 is 10.9 Å². The van der Waals surface area contributed by atoms with E-state index in [-0.39, 0.29) is 0 Å². The van der Waals surface area contributed by atoms with E-state index in [1.165, 1.54) is 11.1 Å². The molecular formula is C21H25N3. The second-order valence-electron chi connectivity index (χ2n) is 7.08. The molecule has 3 nitrogen and oxygen atoms in total. The molecule has 0 saturated heterocycles. The monoisotopic (exact) mass is 319 g/mol. The average Bonchev–Trinajstić information content (AvgIpc) is 2.59. The minimum atomic E-state index is 0.376. The lowest BCUT2D eigenvalue weighted by molar-refractivity contribution is 0.573. The maximum absolute atomic E-state index is 4.88. The van der Waals surface area contributed by atoms with Crippen molar-refractivity contribution in [3.8, 4) is 11.1 Å². The fourth-order valence-electron chi connectivity index (χ4n) is 2.90. The van der Waals surface area contributed by atoms with Crippen LogP contribution in [0.2, 0.25) is 0 Å². The fraction of sp³-hybridized carbons (Fsp3) is 0.381. The van der Waals surface area contributed by atoms with Crippen LogP contribution in [0.3, 0.4) is 0 Å². The van der Waals surface area contributed by atoms with Crippen LogP contribution in [0.4, 0.5) is 0 Å². The van der Waals surface area contributed by atoms with E-state index in [9.17, 15) is 0 Å². The quantitative estimate of drug-likeness (QED) is 0.631. The average molecular weight is 319 g/mol. The Morgan fingerprint density at radius 1 is 0.875 bits per heavy atom. The number of pyridine rings is 1. The van der Waals surface area contributed by atoms with E-state index >= 15 is 0 Å². The number of benzene rings is 1. The number of hydrogen-bond donors (Lipinski definition) is 0. The molecule has 0 saturated carbocycles. The zero-order valence-electron chi connectivity index (χ0n) is 15.0. The van der Waals surface area contributed by atoms with Crippen molar-refractivity contribution in [2.45, 2.75) is 46.5 Å². The van der Waals surface area contributed by atoms with Crippen molar-refractivity contribution in [2.24, 2.45) is 5.92 Å². The highest BCUT2D eigenvalue weighted by Gasteiger charge is 2.12. The molecule has 1 aromatic carbocycles. The molecule has 24 heavy (non-hydrogen) atoms. The number of hydrogen-bond acceptors (Lipinski definition) is 3. The van der Waals surface area contributed by atoms with Crippen molar-refractivity contribution in [1.29, 1.82) is 0 Å². The van der Waals surface area contributed by atoms with Crippen LogP contribution >= 0.6 is 0 Å². The number of rotatable bonds is 5. The standard InChI is InChI=1S/C21H25N3/c1-14(2)5-8-20-23-19-7-6-17(16-9-11-22-12-10-16)13-18(19)21(24-20)15(3)4/h6-7,9-15H,5,8H2,1-4H3. The van der Waals surface area contributed by atoms with E-state index in [1.54, 1.807) is 0 Å². The summed E-state index contributed by atoms with van der Waals surface area (Å²) in [6.45, 7) is 8.89. The van der Waals surface area contributed by atoms with Gasteiger partial charge in [-0.25, -0.2) is 9.97 Å². The third-order valence-corrected chi connectivity index (χ3v) is 4.28. The van der Waals surface area contributed by atoms with Crippen molar-refractivity contribution < 1.29 is 0 Å². The van der Waals surface area contributed by atoms with Crippen LogP contribution < -0.4 is 0 Å². The van der Waals surface area contributed by atoms with Gasteiger partial charge in [-0.3, -0.25) is 4.98 Å². The number of aromatic nitrogens is 3. The van der Waals surface area contributed by atoms with Crippen molar-refractivity contribution in [3.63, 3.8) is 0 Å². The minimum absolute atomic E-state index is 0.376. The van der Waals surface area contributed by atoms with E-state index < -0.39 is 0 Å². The summed E-state index contributed by atoms with van der Waals surface area (Å²) in [5, 5.41) is 1.16. The molecule has 0 unspecified atom stereocenters. The fourth-order valence-corrected chi connectivity index (χ4v) is 2.90. The van der Waals surface area contributed by atoms with Crippen LogP contribution in [0, 0.1) is 5.92 Å². The minimum Gasteiger partial charge on any atom is -0.265 e. The Morgan fingerprint density at radius 2 is 1.62 bits per heavy atom. The Morgan fingerprint density at radius 3 is 2.29 bits per heavy atom. The van der Waals surface area contributed by atoms with Crippen LogP contribution in [0.15, 0.2) is 42.7 Å². The molecule has 124 valence electrons. The zero-order valence-corrected chi connectivity index (χ0v) is 15.0. The maximum Gasteiger partial charge on any atom is 0.129 e. The first-order valence-corrected chi connectivity index (χ1v) is 8.75. The Balaban J connectivity index is 2.08. The highest BCUT2D eigenvalue weighted by atomic mass is 14.9. The predicted molar refractivity (Wildman–Crippen MR) is 100 cm³/mol. The molecule has 0 fully saturated rings. The predicted octanol–water partition coefficient (Wildman–Crippen LogP) is 5.40. The normalized spacial score (nSPS) is 11.6. The summed E-state index contributed by atoms with van der Waals surface area (Å²) in [4.78, 5) is 13.8. The van der Waals surface area contributed by atoms with E-state index in [2.05, 4.69) is 50.9 Å². The number of nitrogens with zero attached hydrogens (tertiary/aromatic N) is 3. The molecule has 0 amide bonds. The maximum atomic E-state index is 4.88. The Bertz CT molecular complexity index is 823. The molecule has 0 spiro atoms. The molecule has 0 aliphatic rings. The van der Waals surface area contributed by atoms with Crippen molar-refractivity contribution in [2.75, 3.05) is 0 Å². The van der Waals surface area contributed by atoms with Gasteiger partial charge in [-0.05, 0) is 53.6 Å². The molecule has 0 N–H and O–H groups in total. The SMILES string of the molecule is CC(C)CCc1nc(C(C)C)c2cc(-c3ccncc3)ccc2n1. The van der Waals surface area contributed by atoms with Gasteiger partial charge in [0.2, 0.25) is 0 Å². The summed E-state index contributed by atoms with van der Waals surface area (Å²) in [7, 11) is 0. The van der Waals surface area contributed by atoms with Crippen LogP contribution in [0.1, 0.15) is 51.6 Å². The summed E-state index contributed by atoms with van der Waals surface area (Å²) in [5.74, 6) is 2.01. The lowest BCUT2D eigenvalue weighted by atomic mass is 9.99. The third-order valence-electron chi connectivity index (χ3n) is 4.28. The lowest BCUT2D eigenvalue weighted by Crippen LogP contribution is -2.04. The van der Waals surface area contributed by atoms with Gasteiger partial charge in [-0.1, -0.05) is 33.8 Å². The summed E-state index contributed by atoms with van der Waals surface area (Å²) >= 11 is 0. The second kappa shape index (κ2) is 7.08. The Labute approximate surface area is 144 Å². The first-order chi connectivity index (χ1) is 11.5. The van der Waals surface area contributed by atoms with E-state index in [0.29, 0.717) is 11.8 Å². The molecule has 0 bridgehead atoms. The molecule has 2 aromatic heterocycles. The van der Waals surface area contributed by atoms with E-state index in [0.717, 1.165) is 35.3 Å². The summed E-state index contributed by atoms with van der Waals surface area (Å²) < 4.78 is 0. The van der Waals surface area contributed by atoms with Crippen LogP contribution in [0.5, 0.6) is 0 Å². The van der Waals surface area contributed by atoms with Gasteiger partial charge < -0.3 is 0 Å². The molecular weight excluding hydrogens is 294 g/mol. The second-order valence-corrected chi connectivity index (χ2v) is 7.08. The third kappa shape index (κ3) is 3.61. The van der Waals surface area contributed by atoms with Gasteiger partial charge in [0.15, 0.2) is 0 Å². The smallest absolute Gasteiger partial charge is 0.129 e. The summed E-state index contributed by atoms with van der Waals surface area (Å²) in [6.07, 6.45) is 5.72. The van der Waals surface area contributed by atoms with Crippen LogP contribution in [0.25, 0.3) is 22.0 Å². The molecule has 0 aliphatic heterocycles. The Hall–Kier alpha value is -2.29. The largest absolute Gasteiger partial charge is 0.265 e. The van der Waals surface area contributed by atoms with Crippen LogP contribution in [-0.2, 0) is 6.42 Å². The number of fused-ring (bicyclic) bond motifs is 1. The van der Waals surface area contributed by atoms with Gasteiger partial charge in [0.25, 0.3) is 0 Å². The van der Waals surface area contributed by atoms with Gasteiger partial charge in [-0.15, -0.1) is 0 Å². The topological polar surface area (TPSA) is 38.7 Å². The highest BCUT2D eigenvalue weighted by molar-refractivity contribution is 5.86. The summed E-state index contributed by atoms with van der Waals surface area (Å²) in [5.41, 5.74) is 4.55. The van der Waals surface area contributed by atoms with Gasteiger partial charge in [-0.2, -0.15) is 0 Å². The molecule has 0 atom stereocenters. The molecule has 2 heterocycles. The van der Waals surface area contributed by atoms with E-state index in [1.807, 2.05) is 24.5 Å². The zero-order chi connectivity index (χ0) is 17.1. The lowest BCUT2D eigenvalue weighted by Gasteiger charge is -2.13.